The van der Waals surface area contributed by atoms with Crippen LogP contribution < -0.4 is 9.61 Å². The van der Waals surface area contributed by atoms with Crippen LogP contribution in [0.5, 0.6) is 5.75 Å². The number of nitriles is 1. The van der Waals surface area contributed by atoms with Gasteiger partial charge in [-0.1, -0.05) is 116 Å². The molecule has 1 aromatic carbocycles. The van der Waals surface area contributed by atoms with Crippen LogP contribution in [0, 0.1) is 24.2 Å². The zero-order valence-electron chi connectivity index (χ0n) is 34.3. The molecule has 1 aliphatic heterocycles. The molecule has 6 atom stereocenters. The van der Waals surface area contributed by atoms with Gasteiger partial charge in [-0.3, -0.25) is 14.1 Å². The summed E-state index contributed by atoms with van der Waals surface area (Å²) in [5.41, 5.74) is -0.684. The predicted octanol–water partition coefficient (Wildman–Crippen LogP) is 8.29. The van der Waals surface area contributed by atoms with Crippen molar-refractivity contribution in [2.45, 2.75) is 154 Å². The zero-order chi connectivity index (χ0) is 41.3. The zero-order valence-corrected chi connectivity index (χ0v) is 35.2. The fourth-order valence-corrected chi connectivity index (χ4v) is 8.45. The van der Waals surface area contributed by atoms with Crippen LogP contribution >= 0.6 is 7.75 Å². The number of aliphatic hydroxyl groups is 1. The van der Waals surface area contributed by atoms with Crippen molar-refractivity contribution < 1.29 is 42.5 Å². The standard InChI is InChI=1S/C42H62N5O9P/c1-6-9-10-11-12-13-14-15-16-17-21-24-38(48)54-39-36(55-42(29-43,40(39)49)37-26-25-35-31(4)44-30-45-47(35)37)28-53-57(51,56-34-22-19-18-20-23-34)46-32(5)41(50)52-27-33(7-2)8-3/h18-20,22-23,25-26,30,32-33,36,39-40,49H,6-17,21,24,27-28H2,1-5H3,(H,46,51)/t32-,36-,39-,40-,42+,57?/m1/s1. The monoisotopic (exact) mass is 811 g/mol. The van der Waals surface area contributed by atoms with Crippen LogP contribution in [0.15, 0.2) is 48.8 Å². The van der Waals surface area contributed by atoms with E-state index in [0.29, 0.717) is 17.6 Å². The minimum absolute atomic E-state index is 0.0988. The largest absolute Gasteiger partial charge is 0.464 e. The van der Waals surface area contributed by atoms with E-state index < -0.39 is 56.2 Å². The molecule has 2 aromatic heterocycles. The Bertz CT molecular complexity index is 1780. The van der Waals surface area contributed by atoms with Gasteiger partial charge < -0.3 is 23.8 Å². The number of hydrogen-bond acceptors (Lipinski definition) is 12. The summed E-state index contributed by atoms with van der Waals surface area (Å²) in [6.45, 7) is 9.14. The Kier molecular flexibility index (Phi) is 18.4. The smallest absolute Gasteiger partial charge is 0.459 e. The number of para-hydroxylation sites is 1. The molecule has 0 radical (unpaired) electrons. The van der Waals surface area contributed by atoms with Crippen LogP contribution in [0.3, 0.4) is 0 Å². The van der Waals surface area contributed by atoms with E-state index in [1.54, 1.807) is 49.4 Å². The quantitative estimate of drug-likeness (QED) is 0.0449. The summed E-state index contributed by atoms with van der Waals surface area (Å²) in [6.07, 6.45) is 11.0. The number of carbonyl (C=O) groups excluding carboxylic acids is 2. The van der Waals surface area contributed by atoms with E-state index in [9.17, 15) is 24.5 Å². The van der Waals surface area contributed by atoms with Crippen LogP contribution in [0.1, 0.15) is 129 Å². The molecule has 0 amide bonds. The lowest BCUT2D eigenvalue weighted by molar-refractivity contribution is -0.156. The minimum atomic E-state index is -4.40. The fourth-order valence-electron chi connectivity index (χ4n) is 6.94. The first-order valence-corrected chi connectivity index (χ1v) is 22.2. The number of aromatic nitrogens is 3. The van der Waals surface area contributed by atoms with Crippen molar-refractivity contribution in [1.82, 2.24) is 19.7 Å². The lowest BCUT2D eigenvalue weighted by Crippen LogP contribution is -2.43. The van der Waals surface area contributed by atoms with Crippen molar-refractivity contribution in [3.63, 3.8) is 0 Å². The van der Waals surface area contributed by atoms with E-state index in [-0.39, 0.29) is 30.4 Å². The summed E-state index contributed by atoms with van der Waals surface area (Å²) in [5.74, 6) is -0.857. The summed E-state index contributed by atoms with van der Waals surface area (Å²) in [5, 5.41) is 29.6. The number of nitrogens with zero attached hydrogens (tertiary/aromatic N) is 4. The van der Waals surface area contributed by atoms with E-state index in [0.717, 1.165) is 32.1 Å². The van der Waals surface area contributed by atoms with Crippen LogP contribution in [-0.4, -0.2) is 69.2 Å². The first-order valence-electron chi connectivity index (χ1n) is 20.7. The molecule has 0 bridgehead atoms. The SMILES string of the molecule is CCCCCCCCCCCCCC(=O)O[C@H]1[C@@H](O)[C@](C#N)(c2ccc3c(C)ncnn23)O[C@@H]1COP(=O)(N[C@H](C)C(=O)OCC(CC)CC)Oc1ccccc1. The highest BCUT2D eigenvalue weighted by atomic mass is 31.2. The molecular weight excluding hydrogens is 749 g/mol. The van der Waals surface area contributed by atoms with Crippen molar-refractivity contribution in [3.8, 4) is 11.8 Å². The normalized spacial score (nSPS) is 20.9. The Morgan fingerprint density at radius 3 is 2.28 bits per heavy atom. The molecule has 2 N–H and O–H groups in total. The molecule has 0 saturated carbocycles. The highest BCUT2D eigenvalue weighted by Crippen LogP contribution is 2.48. The summed E-state index contributed by atoms with van der Waals surface area (Å²) < 4.78 is 45.4. The topological polar surface area (TPSA) is 184 Å². The third kappa shape index (κ3) is 12.8. The highest BCUT2D eigenvalue weighted by Gasteiger charge is 2.60. The Labute approximate surface area is 337 Å². The maximum Gasteiger partial charge on any atom is 0.459 e. The van der Waals surface area contributed by atoms with Crippen LogP contribution in [0.4, 0.5) is 0 Å². The Hall–Kier alpha value is -3.86. The predicted molar refractivity (Wildman–Crippen MR) is 215 cm³/mol. The number of aliphatic hydroxyl groups excluding tert-OH is 1. The van der Waals surface area contributed by atoms with Crippen molar-refractivity contribution >= 4 is 25.2 Å². The molecule has 314 valence electrons. The molecule has 3 aromatic rings. The molecule has 15 heteroatoms. The molecule has 0 aliphatic carbocycles. The van der Waals surface area contributed by atoms with Gasteiger partial charge in [-0.05, 0) is 50.5 Å². The van der Waals surface area contributed by atoms with Crippen LogP contribution in [0.25, 0.3) is 5.52 Å². The number of aryl methyl sites for hydroxylation is 1. The average Bonchev–Trinajstić information content (AvgIpc) is 3.76. The number of esters is 2. The van der Waals surface area contributed by atoms with Crippen molar-refractivity contribution in [1.29, 1.82) is 5.26 Å². The Morgan fingerprint density at radius 2 is 1.65 bits per heavy atom. The van der Waals surface area contributed by atoms with Crippen molar-refractivity contribution in [2.75, 3.05) is 13.2 Å². The van der Waals surface area contributed by atoms with E-state index in [1.807, 2.05) is 13.8 Å². The van der Waals surface area contributed by atoms with Gasteiger partial charge in [0, 0.05) is 6.42 Å². The van der Waals surface area contributed by atoms with Gasteiger partial charge in [0.2, 0.25) is 5.60 Å². The first-order chi connectivity index (χ1) is 27.5. The second-order valence-corrected chi connectivity index (χ2v) is 16.6. The lowest BCUT2D eigenvalue weighted by Gasteiger charge is -2.26. The number of rotatable bonds is 26. The number of nitrogens with one attached hydrogen (secondary N) is 1. The molecular formula is C42H62N5O9P. The van der Waals surface area contributed by atoms with Gasteiger partial charge >= 0.3 is 19.7 Å². The van der Waals surface area contributed by atoms with Gasteiger partial charge in [-0.2, -0.15) is 15.4 Å². The molecule has 0 spiro atoms. The maximum absolute atomic E-state index is 14.4. The summed E-state index contributed by atoms with van der Waals surface area (Å²) in [6, 6.07) is 12.6. The van der Waals surface area contributed by atoms with Crippen LogP contribution in [0.2, 0.25) is 0 Å². The number of carbonyl (C=O) groups is 2. The first kappa shape index (κ1) is 45.8. The van der Waals surface area contributed by atoms with E-state index >= 15 is 0 Å². The molecule has 1 fully saturated rings. The minimum Gasteiger partial charge on any atom is -0.464 e. The maximum atomic E-state index is 14.4. The van der Waals surface area contributed by atoms with Crippen molar-refractivity contribution in [3.05, 3.63) is 60.2 Å². The van der Waals surface area contributed by atoms with Crippen molar-refractivity contribution in [2.24, 2.45) is 5.92 Å². The van der Waals surface area contributed by atoms with E-state index in [4.69, 9.17) is 23.3 Å². The molecule has 3 heterocycles. The van der Waals surface area contributed by atoms with Gasteiger partial charge in [0.15, 0.2) is 6.10 Å². The number of ether oxygens (including phenoxy) is 3. The lowest BCUT2D eigenvalue weighted by atomic mass is 9.92. The van der Waals surface area contributed by atoms with Gasteiger partial charge in [-0.15, -0.1) is 0 Å². The number of fused-ring (bicyclic) bond motifs is 1. The van der Waals surface area contributed by atoms with Crippen LogP contribution in [-0.2, 0) is 38.5 Å². The molecule has 14 nitrogen and oxygen atoms in total. The average molecular weight is 812 g/mol. The second kappa shape index (κ2) is 22.9. The molecule has 57 heavy (non-hydrogen) atoms. The van der Waals surface area contributed by atoms with Gasteiger partial charge in [0.1, 0.15) is 36.4 Å². The molecule has 4 rings (SSSR count). The number of hydrogen-bond donors (Lipinski definition) is 2. The third-order valence-corrected chi connectivity index (χ3v) is 12.2. The van der Waals surface area contributed by atoms with Gasteiger partial charge in [0.05, 0.1) is 30.1 Å². The summed E-state index contributed by atoms with van der Waals surface area (Å²) >= 11 is 0. The second-order valence-electron chi connectivity index (χ2n) is 14.9. The summed E-state index contributed by atoms with van der Waals surface area (Å²) in [4.78, 5) is 30.6. The van der Waals surface area contributed by atoms with E-state index in [2.05, 4.69) is 28.2 Å². The van der Waals surface area contributed by atoms with Gasteiger partial charge in [-0.25, -0.2) is 14.1 Å². The number of unbranched alkanes of at least 4 members (excludes halogenated alkanes) is 10. The molecule has 1 unspecified atom stereocenters. The third-order valence-electron chi connectivity index (χ3n) is 10.6. The fraction of sp³-hybridized carbons (Fsp3) is 0.643. The van der Waals surface area contributed by atoms with Gasteiger partial charge in [0.25, 0.3) is 0 Å². The molecule has 1 saturated heterocycles. The number of benzene rings is 1. The Morgan fingerprint density at radius 1 is 1.00 bits per heavy atom. The summed E-state index contributed by atoms with van der Waals surface area (Å²) in [7, 11) is -4.40. The van der Waals surface area contributed by atoms with E-state index in [1.165, 1.54) is 62.7 Å². The Balaban J connectivity index is 1.50. The molecule has 1 aliphatic rings. The highest BCUT2D eigenvalue weighted by molar-refractivity contribution is 7.52.